The molecule has 0 saturated carbocycles. The molecule has 0 aliphatic heterocycles. The molecule has 2 nitrogen and oxygen atoms in total. The van der Waals surface area contributed by atoms with E-state index < -0.39 is 0 Å². The summed E-state index contributed by atoms with van der Waals surface area (Å²) in [5.74, 6) is -0.244. The number of hydrogen-bond acceptors (Lipinski definition) is 2. The monoisotopic (exact) mass is 225 g/mol. The minimum Gasteiger partial charge on any atom is -0.376 e. The molecule has 2 N–H and O–H groups in total. The number of benzene rings is 1. The molecule has 1 rings (SSSR count). The van der Waals surface area contributed by atoms with Gasteiger partial charge >= 0.3 is 0 Å². The van der Waals surface area contributed by atoms with E-state index in [2.05, 4.69) is 13.8 Å². The molecule has 0 amide bonds. The molecule has 0 fully saturated rings. The Morgan fingerprint density at radius 2 is 1.75 bits per heavy atom. The molecule has 0 aliphatic rings. The second-order valence-corrected chi connectivity index (χ2v) is 4.01. The third-order valence-electron chi connectivity index (χ3n) is 3.40. The van der Waals surface area contributed by atoms with Gasteiger partial charge in [-0.25, -0.2) is 4.39 Å². The maximum atomic E-state index is 12.8. The number of methoxy groups -OCH3 is 1. The first-order chi connectivity index (χ1) is 7.59. The molecule has 0 spiro atoms. The summed E-state index contributed by atoms with van der Waals surface area (Å²) in [6.45, 7) is 4.10. The van der Waals surface area contributed by atoms with Crippen LogP contribution in [0, 0.1) is 5.82 Å². The number of halogens is 1. The van der Waals surface area contributed by atoms with E-state index in [1.807, 2.05) is 0 Å². The van der Waals surface area contributed by atoms with Crippen LogP contribution in [0.5, 0.6) is 0 Å². The summed E-state index contributed by atoms with van der Waals surface area (Å²) >= 11 is 0. The average molecular weight is 225 g/mol. The molecule has 1 aromatic rings. The number of rotatable bonds is 5. The van der Waals surface area contributed by atoms with Crippen LogP contribution in [-0.2, 0) is 4.74 Å². The maximum Gasteiger partial charge on any atom is 0.123 e. The second-order valence-electron chi connectivity index (χ2n) is 4.01. The molecule has 0 aromatic heterocycles. The van der Waals surface area contributed by atoms with Crippen LogP contribution in [0.4, 0.5) is 4.39 Å². The highest BCUT2D eigenvalue weighted by atomic mass is 19.1. The van der Waals surface area contributed by atoms with Crippen LogP contribution in [-0.4, -0.2) is 12.7 Å². The van der Waals surface area contributed by atoms with E-state index in [1.54, 1.807) is 19.2 Å². The summed E-state index contributed by atoms with van der Waals surface area (Å²) in [5, 5.41) is 0. The van der Waals surface area contributed by atoms with Gasteiger partial charge in [0.2, 0.25) is 0 Å². The van der Waals surface area contributed by atoms with Crippen molar-refractivity contribution >= 4 is 0 Å². The minimum absolute atomic E-state index is 0.229. The van der Waals surface area contributed by atoms with E-state index in [9.17, 15) is 4.39 Å². The van der Waals surface area contributed by atoms with Crippen LogP contribution in [0.1, 0.15) is 38.3 Å². The van der Waals surface area contributed by atoms with Gasteiger partial charge in [0, 0.05) is 7.11 Å². The number of nitrogens with two attached hydrogens (primary N) is 1. The van der Waals surface area contributed by atoms with Gasteiger partial charge in [0.15, 0.2) is 0 Å². The predicted octanol–water partition coefficient (Wildman–Crippen LogP) is 3.03. The van der Waals surface area contributed by atoms with Crippen molar-refractivity contribution in [2.75, 3.05) is 7.11 Å². The molecule has 1 aromatic carbocycles. The number of hydrogen-bond donors (Lipinski definition) is 1. The lowest BCUT2D eigenvalue weighted by Gasteiger charge is -2.36. The molecule has 90 valence electrons. The highest BCUT2D eigenvalue weighted by Gasteiger charge is 2.34. The second kappa shape index (κ2) is 5.41. The molecular weight excluding hydrogens is 205 g/mol. The van der Waals surface area contributed by atoms with Gasteiger partial charge in [-0.15, -0.1) is 0 Å². The minimum atomic E-state index is -0.363. The van der Waals surface area contributed by atoms with Crippen molar-refractivity contribution in [3.05, 3.63) is 35.6 Å². The van der Waals surface area contributed by atoms with Crippen LogP contribution in [0.25, 0.3) is 0 Å². The van der Waals surface area contributed by atoms with Crippen molar-refractivity contribution in [2.24, 2.45) is 5.73 Å². The maximum absolute atomic E-state index is 12.8. The van der Waals surface area contributed by atoms with Crippen molar-refractivity contribution in [1.82, 2.24) is 0 Å². The molecule has 1 atom stereocenters. The molecule has 0 radical (unpaired) electrons. The Morgan fingerprint density at radius 1 is 1.25 bits per heavy atom. The molecule has 1 unspecified atom stereocenters. The van der Waals surface area contributed by atoms with Gasteiger partial charge in [0.05, 0.1) is 11.6 Å². The third kappa shape index (κ3) is 2.42. The van der Waals surface area contributed by atoms with E-state index in [-0.39, 0.29) is 17.5 Å². The normalized spacial score (nSPS) is 13.8. The summed E-state index contributed by atoms with van der Waals surface area (Å²) in [6.07, 6.45) is 1.66. The quantitative estimate of drug-likeness (QED) is 0.836. The molecule has 0 aliphatic carbocycles. The van der Waals surface area contributed by atoms with Gasteiger partial charge in [-0.05, 0) is 30.5 Å². The van der Waals surface area contributed by atoms with Crippen LogP contribution in [0.3, 0.4) is 0 Å². The van der Waals surface area contributed by atoms with Crippen molar-refractivity contribution in [3.8, 4) is 0 Å². The van der Waals surface area contributed by atoms with E-state index in [0.29, 0.717) is 0 Å². The van der Waals surface area contributed by atoms with E-state index in [1.165, 1.54) is 12.1 Å². The zero-order valence-corrected chi connectivity index (χ0v) is 10.2. The largest absolute Gasteiger partial charge is 0.376 e. The molecule has 0 saturated heterocycles. The van der Waals surface area contributed by atoms with Crippen molar-refractivity contribution < 1.29 is 9.13 Å². The third-order valence-corrected chi connectivity index (χ3v) is 3.40. The van der Waals surface area contributed by atoms with Gasteiger partial charge in [-0.2, -0.15) is 0 Å². The van der Waals surface area contributed by atoms with Gasteiger partial charge in [0.25, 0.3) is 0 Å². The Bertz CT molecular complexity index is 311. The molecule has 16 heavy (non-hydrogen) atoms. The summed E-state index contributed by atoms with van der Waals surface area (Å²) in [5.41, 5.74) is 6.75. The lowest BCUT2D eigenvalue weighted by molar-refractivity contribution is -0.0385. The Kier molecular flexibility index (Phi) is 4.44. The molecule has 0 bridgehead atoms. The van der Waals surface area contributed by atoms with E-state index in [0.717, 1.165) is 18.4 Å². The van der Waals surface area contributed by atoms with Gasteiger partial charge in [-0.3, -0.25) is 0 Å². The molecule has 0 heterocycles. The fourth-order valence-electron chi connectivity index (χ4n) is 2.08. The SMILES string of the molecule is CCC(CC)(OC)C(N)c1ccc(F)cc1. The Morgan fingerprint density at radius 3 is 2.12 bits per heavy atom. The first kappa shape index (κ1) is 13.1. The highest BCUT2D eigenvalue weighted by Crippen LogP contribution is 2.32. The predicted molar refractivity (Wildman–Crippen MR) is 63.7 cm³/mol. The van der Waals surface area contributed by atoms with Gasteiger partial charge < -0.3 is 10.5 Å². The van der Waals surface area contributed by atoms with Crippen LogP contribution in [0.2, 0.25) is 0 Å². The smallest absolute Gasteiger partial charge is 0.123 e. The first-order valence-electron chi connectivity index (χ1n) is 5.65. The fourth-order valence-corrected chi connectivity index (χ4v) is 2.08. The van der Waals surface area contributed by atoms with Crippen molar-refractivity contribution in [1.29, 1.82) is 0 Å². The Hall–Kier alpha value is -0.930. The zero-order valence-electron chi connectivity index (χ0n) is 10.2. The Balaban J connectivity index is 2.98. The summed E-state index contributed by atoms with van der Waals surface area (Å²) in [7, 11) is 1.68. The van der Waals surface area contributed by atoms with Crippen LogP contribution >= 0.6 is 0 Å². The van der Waals surface area contributed by atoms with Gasteiger partial charge in [-0.1, -0.05) is 26.0 Å². The summed E-state index contributed by atoms with van der Waals surface area (Å²) in [4.78, 5) is 0. The number of ether oxygens (including phenoxy) is 1. The van der Waals surface area contributed by atoms with E-state index in [4.69, 9.17) is 10.5 Å². The van der Waals surface area contributed by atoms with Crippen molar-refractivity contribution in [3.63, 3.8) is 0 Å². The lowest BCUT2D eigenvalue weighted by atomic mass is 9.84. The lowest BCUT2D eigenvalue weighted by Crippen LogP contribution is -2.42. The van der Waals surface area contributed by atoms with Crippen LogP contribution in [0.15, 0.2) is 24.3 Å². The van der Waals surface area contributed by atoms with E-state index >= 15 is 0 Å². The fraction of sp³-hybridized carbons (Fsp3) is 0.538. The molecular formula is C13H20FNO. The average Bonchev–Trinajstić information content (AvgIpc) is 2.33. The molecule has 3 heteroatoms. The van der Waals surface area contributed by atoms with Gasteiger partial charge in [0.1, 0.15) is 5.82 Å². The highest BCUT2D eigenvalue weighted by molar-refractivity contribution is 5.22. The first-order valence-corrected chi connectivity index (χ1v) is 5.65. The van der Waals surface area contributed by atoms with Crippen molar-refractivity contribution in [2.45, 2.75) is 38.3 Å². The summed E-state index contributed by atoms with van der Waals surface area (Å²) < 4.78 is 18.4. The zero-order chi connectivity index (χ0) is 12.2. The standard InChI is InChI=1S/C13H20FNO/c1-4-13(5-2,16-3)12(15)10-6-8-11(14)9-7-10/h6-9,12H,4-5,15H2,1-3H3. The Labute approximate surface area is 96.6 Å². The van der Waals surface area contributed by atoms with Crippen LogP contribution < -0.4 is 5.73 Å². The topological polar surface area (TPSA) is 35.2 Å². The summed E-state index contributed by atoms with van der Waals surface area (Å²) in [6, 6.07) is 6.08.